The van der Waals surface area contributed by atoms with Crippen LogP contribution in [0.2, 0.25) is 0 Å². The molecule has 14 heavy (non-hydrogen) atoms. The van der Waals surface area contributed by atoms with Crippen molar-refractivity contribution in [1.29, 1.82) is 0 Å². The molecule has 0 radical (unpaired) electrons. The number of hydrogen-bond donors (Lipinski definition) is 1. The van der Waals surface area contributed by atoms with Crippen LogP contribution in [0.1, 0.15) is 39.0 Å². The van der Waals surface area contributed by atoms with E-state index in [9.17, 15) is 0 Å². The molecule has 0 amide bonds. The zero-order chi connectivity index (χ0) is 10.4. The van der Waals surface area contributed by atoms with Crippen LogP contribution in [0.4, 0.5) is 0 Å². The summed E-state index contributed by atoms with van der Waals surface area (Å²) in [4.78, 5) is 2.48. The minimum Gasteiger partial charge on any atom is -0.319 e. The Morgan fingerprint density at radius 3 is 2.71 bits per heavy atom. The summed E-state index contributed by atoms with van der Waals surface area (Å²) in [5, 5.41) is 3.39. The van der Waals surface area contributed by atoms with Gasteiger partial charge in [-0.05, 0) is 58.3 Å². The van der Waals surface area contributed by atoms with Crippen LogP contribution in [0.3, 0.4) is 0 Å². The minimum atomic E-state index is 0.592. The maximum absolute atomic E-state index is 3.39. The summed E-state index contributed by atoms with van der Waals surface area (Å²) in [6.07, 6.45) is 6.87. The molecule has 1 heterocycles. The van der Waals surface area contributed by atoms with Crippen LogP contribution in [-0.4, -0.2) is 38.6 Å². The first-order valence-corrected chi connectivity index (χ1v) is 6.05. The molecule has 0 aromatic carbocycles. The Balaban J connectivity index is 2.55. The third-order valence-electron chi connectivity index (χ3n) is 3.60. The predicted octanol–water partition coefficient (Wildman–Crippen LogP) is 2.11. The fraction of sp³-hybridized carbons (Fsp3) is 1.00. The Bertz CT molecular complexity index is 150. The molecule has 0 aromatic rings. The lowest BCUT2D eigenvalue weighted by Crippen LogP contribution is -2.33. The minimum absolute atomic E-state index is 0.592. The average Bonchev–Trinajstić information content (AvgIpc) is 2.31. The Hall–Kier alpha value is -0.0800. The summed E-state index contributed by atoms with van der Waals surface area (Å²) >= 11 is 0. The molecular formula is C12H26N2. The summed E-state index contributed by atoms with van der Waals surface area (Å²) in [6.45, 7) is 6.08. The monoisotopic (exact) mass is 198 g/mol. The molecule has 1 unspecified atom stereocenters. The molecule has 0 aromatic heterocycles. The Labute approximate surface area is 89.1 Å². The van der Waals surface area contributed by atoms with Crippen molar-refractivity contribution in [3.05, 3.63) is 0 Å². The van der Waals surface area contributed by atoms with Gasteiger partial charge in [0.25, 0.3) is 0 Å². The van der Waals surface area contributed by atoms with Gasteiger partial charge >= 0.3 is 0 Å². The maximum Gasteiger partial charge on any atom is 0.000529 e. The summed E-state index contributed by atoms with van der Waals surface area (Å²) in [6, 6.07) is 0. The van der Waals surface area contributed by atoms with Crippen molar-refractivity contribution in [3.8, 4) is 0 Å². The van der Waals surface area contributed by atoms with Gasteiger partial charge in [-0.15, -0.1) is 0 Å². The molecule has 1 N–H and O–H groups in total. The van der Waals surface area contributed by atoms with Gasteiger partial charge in [0, 0.05) is 6.54 Å². The van der Waals surface area contributed by atoms with Crippen LogP contribution in [-0.2, 0) is 0 Å². The molecule has 2 heteroatoms. The van der Waals surface area contributed by atoms with E-state index < -0.39 is 0 Å². The first-order valence-electron chi connectivity index (χ1n) is 6.05. The van der Waals surface area contributed by atoms with E-state index >= 15 is 0 Å². The van der Waals surface area contributed by atoms with Crippen molar-refractivity contribution in [2.45, 2.75) is 39.0 Å². The summed E-state index contributed by atoms with van der Waals surface area (Å²) in [5.41, 5.74) is 0.592. The number of nitrogens with zero attached hydrogens (tertiary/aromatic N) is 1. The first-order chi connectivity index (χ1) is 6.72. The fourth-order valence-corrected chi connectivity index (χ4v) is 2.81. The molecule has 0 bridgehead atoms. The molecule has 1 rings (SSSR count). The van der Waals surface area contributed by atoms with E-state index in [-0.39, 0.29) is 0 Å². The van der Waals surface area contributed by atoms with Crippen molar-refractivity contribution in [1.82, 2.24) is 10.2 Å². The van der Waals surface area contributed by atoms with Crippen molar-refractivity contribution in [2.24, 2.45) is 5.41 Å². The highest BCUT2D eigenvalue weighted by atomic mass is 15.1. The lowest BCUT2D eigenvalue weighted by atomic mass is 9.77. The van der Waals surface area contributed by atoms with Gasteiger partial charge in [-0.1, -0.05) is 13.3 Å². The largest absolute Gasteiger partial charge is 0.319 e. The summed E-state index contributed by atoms with van der Waals surface area (Å²) in [7, 11) is 4.34. The average molecular weight is 198 g/mol. The van der Waals surface area contributed by atoms with Crippen molar-refractivity contribution in [2.75, 3.05) is 33.7 Å². The normalized spacial score (nSPS) is 30.2. The summed E-state index contributed by atoms with van der Waals surface area (Å²) < 4.78 is 0. The number of rotatable bonds is 4. The van der Waals surface area contributed by atoms with Crippen molar-refractivity contribution in [3.63, 3.8) is 0 Å². The van der Waals surface area contributed by atoms with Gasteiger partial charge in [0.05, 0.1) is 0 Å². The molecule has 1 aliphatic heterocycles. The number of nitrogens with one attached hydrogen (secondary N) is 1. The molecule has 1 fully saturated rings. The van der Waals surface area contributed by atoms with E-state index in [2.05, 4.69) is 31.2 Å². The standard InChI is InChI=1S/C12H26N2/c1-4-6-12(11-13-2)7-5-9-14(3)10-8-12/h13H,4-11H2,1-3H3. The van der Waals surface area contributed by atoms with E-state index in [0.29, 0.717) is 5.41 Å². The van der Waals surface area contributed by atoms with Gasteiger partial charge in [0.15, 0.2) is 0 Å². The zero-order valence-corrected chi connectivity index (χ0v) is 10.1. The molecule has 0 spiro atoms. The quantitative estimate of drug-likeness (QED) is 0.744. The highest BCUT2D eigenvalue weighted by Crippen LogP contribution is 2.35. The Kier molecular flexibility index (Phi) is 4.90. The van der Waals surface area contributed by atoms with Gasteiger partial charge in [-0.3, -0.25) is 0 Å². The van der Waals surface area contributed by atoms with E-state index in [0.717, 1.165) is 0 Å². The van der Waals surface area contributed by atoms with Crippen LogP contribution in [0.5, 0.6) is 0 Å². The smallest absolute Gasteiger partial charge is 0.000529 e. The van der Waals surface area contributed by atoms with E-state index in [1.807, 2.05) is 0 Å². The third-order valence-corrected chi connectivity index (χ3v) is 3.60. The Morgan fingerprint density at radius 1 is 1.29 bits per heavy atom. The van der Waals surface area contributed by atoms with Crippen molar-refractivity contribution < 1.29 is 0 Å². The van der Waals surface area contributed by atoms with Crippen molar-refractivity contribution >= 4 is 0 Å². The van der Waals surface area contributed by atoms with Crippen LogP contribution in [0.25, 0.3) is 0 Å². The number of likely N-dealkylation sites (tertiary alicyclic amines) is 1. The second-order valence-electron chi connectivity index (χ2n) is 4.94. The van der Waals surface area contributed by atoms with Gasteiger partial charge in [0.1, 0.15) is 0 Å². The molecule has 0 aliphatic carbocycles. The first kappa shape index (κ1) is 12.0. The highest BCUT2D eigenvalue weighted by Gasteiger charge is 2.30. The van der Waals surface area contributed by atoms with Gasteiger partial charge < -0.3 is 10.2 Å². The number of hydrogen-bond acceptors (Lipinski definition) is 2. The SMILES string of the molecule is CCCC1(CNC)CCCN(C)CC1. The fourth-order valence-electron chi connectivity index (χ4n) is 2.81. The molecule has 2 nitrogen and oxygen atoms in total. The van der Waals surface area contributed by atoms with Crippen LogP contribution in [0.15, 0.2) is 0 Å². The van der Waals surface area contributed by atoms with Crippen LogP contribution < -0.4 is 5.32 Å². The predicted molar refractivity (Wildman–Crippen MR) is 62.6 cm³/mol. The lowest BCUT2D eigenvalue weighted by molar-refractivity contribution is 0.213. The van der Waals surface area contributed by atoms with Crippen LogP contribution in [0, 0.1) is 5.41 Å². The van der Waals surface area contributed by atoms with Gasteiger partial charge in [-0.2, -0.15) is 0 Å². The zero-order valence-electron chi connectivity index (χ0n) is 10.1. The van der Waals surface area contributed by atoms with E-state index in [4.69, 9.17) is 0 Å². The second kappa shape index (κ2) is 5.72. The molecule has 1 aliphatic rings. The lowest BCUT2D eigenvalue weighted by Gasteiger charge is -2.32. The van der Waals surface area contributed by atoms with E-state index in [1.54, 1.807) is 0 Å². The topological polar surface area (TPSA) is 15.3 Å². The Morgan fingerprint density at radius 2 is 2.07 bits per heavy atom. The van der Waals surface area contributed by atoms with Gasteiger partial charge in [0.2, 0.25) is 0 Å². The second-order valence-corrected chi connectivity index (χ2v) is 4.94. The highest BCUT2D eigenvalue weighted by molar-refractivity contribution is 4.84. The molecule has 0 saturated carbocycles. The molecular weight excluding hydrogens is 172 g/mol. The molecule has 1 atom stereocenters. The molecule has 84 valence electrons. The molecule has 1 saturated heterocycles. The van der Waals surface area contributed by atoms with Crippen LogP contribution >= 0.6 is 0 Å². The van der Waals surface area contributed by atoms with E-state index in [1.165, 1.54) is 51.7 Å². The summed E-state index contributed by atoms with van der Waals surface area (Å²) in [5.74, 6) is 0. The maximum atomic E-state index is 3.39. The third kappa shape index (κ3) is 3.25. The van der Waals surface area contributed by atoms with Gasteiger partial charge in [-0.25, -0.2) is 0 Å².